The molecule has 1 saturated heterocycles. The summed E-state index contributed by atoms with van der Waals surface area (Å²) in [6.45, 7) is 4.91. The summed E-state index contributed by atoms with van der Waals surface area (Å²) in [6.07, 6.45) is 0. The Balaban J connectivity index is 1.40. The molecule has 0 aliphatic carbocycles. The van der Waals surface area contributed by atoms with E-state index in [4.69, 9.17) is 18.9 Å². The van der Waals surface area contributed by atoms with Crippen LogP contribution in [0.3, 0.4) is 0 Å². The second-order valence-electron chi connectivity index (χ2n) is 8.01. The topological polar surface area (TPSA) is 54.0 Å². The number of carbonyl (C=O) groups is 1. The maximum Gasteiger partial charge on any atom is 0.332 e. The number of carbonyl (C=O) groups excluding carboxylic acids is 1. The second-order valence-corrected chi connectivity index (χ2v) is 8.01. The van der Waals surface area contributed by atoms with Crippen LogP contribution in [0, 0.1) is 12.7 Å². The van der Waals surface area contributed by atoms with Gasteiger partial charge in [-0.15, -0.1) is 0 Å². The quantitative estimate of drug-likeness (QED) is 0.420. The molecule has 0 saturated carbocycles. The van der Waals surface area contributed by atoms with E-state index in [0.717, 1.165) is 22.3 Å². The van der Waals surface area contributed by atoms with Gasteiger partial charge in [0.1, 0.15) is 30.4 Å². The van der Waals surface area contributed by atoms with Crippen molar-refractivity contribution in [2.75, 3.05) is 26.4 Å². The number of hydrogen-bond acceptors (Lipinski definition) is 5. The fourth-order valence-electron chi connectivity index (χ4n) is 3.79. The van der Waals surface area contributed by atoms with Crippen molar-refractivity contribution in [3.05, 3.63) is 89.2 Å². The molecule has 0 N–H and O–H groups in total. The molecule has 3 aromatic rings. The largest absolute Gasteiger partial charge is 0.489 e. The van der Waals surface area contributed by atoms with Gasteiger partial charge in [-0.2, -0.15) is 0 Å². The minimum atomic E-state index is -0.636. The first-order chi connectivity index (χ1) is 16.0. The number of hydrogen-bond donors (Lipinski definition) is 0. The van der Waals surface area contributed by atoms with Gasteiger partial charge in [0, 0.05) is 0 Å². The van der Waals surface area contributed by atoms with Crippen LogP contribution >= 0.6 is 0 Å². The van der Waals surface area contributed by atoms with Crippen molar-refractivity contribution >= 4 is 5.97 Å². The van der Waals surface area contributed by atoms with Crippen molar-refractivity contribution in [3.8, 4) is 16.9 Å². The molecular weight excluding hydrogens is 423 g/mol. The van der Waals surface area contributed by atoms with Crippen LogP contribution in [0.4, 0.5) is 4.39 Å². The lowest BCUT2D eigenvalue weighted by atomic mass is 9.91. The minimum absolute atomic E-state index is 0.115. The van der Waals surface area contributed by atoms with Gasteiger partial charge < -0.3 is 18.9 Å². The first-order valence-electron chi connectivity index (χ1n) is 11.0. The van der Waals surface area contributed by atoms with Gasteiger partial charge in [0.2, 0.25) is 0 Å². The van der Waals surface area contributed by atoms with Gasteiger partial charge in [-0.25, -0.2) is 9.18 Å². The summed E-state index contributed by atoms with van der Waals surface area (Å²) >= 11 is 0. The van der Waals surface area contributed by atoms with E-state index < -0.39 is 5.60 Å². The lowest BCUT2D eigenvalue weighted by molar-refractivity contribution is -0.221. The fourth-order valence-corrected chi connectivity index (χ4v) is 3.79. The van der Waals surface area contributed by atoms with E-state index in [9.17, 15) is 9.18 Å². The van der Waals surface area contributed by atoms with Crippen LogP contribution in [0.1, 0.15) is 23.6 Å². The first-order valence-corrected chi connectivity index (χ1v) is 11.0. The van der Waals surface area contributed by atoms with Crippen LogP contribution in [0.5, 0.6) is 5.75 Å². The van der Waals surface area contributed by atoms with E-state index in [1.165, 1.54) is 6.07 Å². The Labute approximate surface area is 193 Å². The third-order valence-corrected chi connectivity index (χ3v) is 5.73. The van der Waals surface area contributed by atoms with Crippen LogP contribution in [0.15, 0.2) is 66.7 Å². The van der Waals surface area contributed by atoms with E-state index in [-0.39, 0.29) is 18.4 Å². The SMILES string of the molecule is CCOC(=O)COC1(c2ccc(OCc3cccc(-c4cccc(F)c4C)c3)cc2)COC1. The van der Waals surface area contributed by atoms with Crippen molar-refractivity contribution in [1.29, 1.82) is 0 Å². The van der Waals surface area contributed by atoms with Gasteiger partial charge >= 0.3 is 5.97 Å². The highest BCUT2D eigenvalue weighted by Gasteiger charge is 2.42. The molecule has 1 fully saturated rings. The second kappa shape index (κ2) is 10.1. The van der Waals surface area contributed by atoms with Gasteiger partial charge in [0.15, 0.2) is 0 Å². The zero-order chi connectivity index (χ0) is 23.3. The molecule has 1 aliphatic heterocycles. The van der Waals surface area contributed by atoms with Crippen LogP contribution < -0.4 is 4.74 Å². The Bertz CT molecular complexity index is 1110. The van der Waals surface area contributed by atoms with Gasteiger partial charge in [0.25, 0.3) is 0 Å². The van der Waals surface area contributed by atoms with Crippen LogP contribution in [-0.4, -0.2) is 32.4 Å². The predicted octanol–water partition coefficient (Wildman–Crippen LogP) is 5.19. The lowest BCUT2D eigenvalue weighted by Gasteiger charge is -2.41. The van der Waals surface area contributed by atoms with Crippen molar-refractivity contribution in [2.45, 2.75) is 26.1 Å². The monoisotopic (exact) mass is 450 g/mol. The molecule has 0 amide bonds. The molecule has 5 nitrogen and oxygen atoms in total. The van der Waals surface area contributed by atoms with Crippen LogP contribution in [-0.2, 0) is 31.2 Å². The summed E-state index contributed by atoms with van der Waals surface area (Å²) in [4.78, 5) is 11.7. The molecule has 0 aromatic heterocycles. The standard InChI is InChI=1S/C27H27FO5/c1-3-31-26(29)16-33-27(17-30-18-27)22-10-12-23(13-11-22)32-15-20-6-4-7-21(14-20)24-8-5-9-25(28)19(24)2/h4-14H,3,15-18H2,1-2H3. The molecule has 0 radical (unpaired) electrons. The van der Waals surface area contributed by atoms with Gasteiger partial charge in [-0.1, -0.05) is 42.5 Å². The van der Waals surface area contributed by atoms with Gasteiger partial charge in [0.05, 0.1) is 19.8 Å². The summed E-state index contributed by atoms with van der Waals surface area (Å²) in [6, 6.07) is 20.6. The van der Waals surface area contributed by atoms with Gasteiger partial charge in [-0.05, 0) is 65.9 Å². The predicted molar refractivity (Wildman–Crippen MR) is 122 cm³/mol. The highest BCUT2D eigenvalue weighted by atomic mass is 19.1. The van der Waals surface area contributed by atoms with Crippen molar-refractivity contribution in [1.82, 2.24) is 0 Å². The molecule has 0 spiro atoms. The number of esters is 1. The summed E-state index contributed by atoms with van der Waals surface area (Å²) in [5.74, 6) is 0.112. The molecule has 33 heavy (non-hydrogen) atoms. The number of benzene rings is 3. The highest BCUT2D eigenvalue weighted by Crippen LogP contribution is 2.35. The van der Waals surface area contributed by atoms with Crippen molar-refractivity contribution in [3.63, 3.8) is 0 Å². The summed E-state index contributed by atoms with van der Waals surface area (Å²) in [5.41, 5.74) is 3.73. The molecule has 1 heterocycles. The fraction of sp³-hybridized carbons (Fsp3) is 0.296. The molecule has 172 valence electrons. The molecule has 6 heteroatoms. The van der Waals surface area contributed by atoms with Crippen molar-refractivity contribution < 1.29 is 28.1 Å². The Kier molecular flexibility index (Phi) is 7.06. The average molecular weight is 451 g/mol. The minimum Gasteiger partial charge on any atom is -0.489 e. The van der Waals surface area contributed by atoms with Crippen LogP contribution in [0.2, 0.25) is 0 Å². The van der Waals surface area contributed by atoms with Gasteiger partial charge in [-0.3, -0.25) is 0 Å². The lowest BCUT2D eigenvalue weighted by Crippen LogP contribution is -2.49. The molecule has 3 aromatic carbocycles. The third-order valence-electron chi connectivity index (χ3n) is 5.73. The molecule has 0 bridgehead atoms. The zero-order valence-corrected chi connectivity index (χ0v) is 18.8. The first kappa shape index (κ1) is 23.0. The number of ether oxygens (including phenoxy) is 4. The molecule has 4 rings (SSSR count). The highest BCUT2D eigenvalue weighted by molar-refractivity contribution is 5.70. The molecule has 0 atom stereocenters. The van der Waals surface area contributed by atoms with E-state index in [0.29, 0.717) is 37.7 Å². The summed E-state index contributed by atoms with van der Waals surface area (Å²) < 4.78 is 36.0. The number of rotatable bonds is 9. The number of halogens is 1. The average Bonchev–Trinajstić information content (AvgIpc) is 2.80. The molecule has 1 aliphatic rings. The van der Waals surface area contributed by atoms with E-state index in [1.807, 2.05) is 54.6 Å². The maximum atomic E-state index is 13.9. The zero-order valence-electron chi connectivity index (χ0n) is 18.8. The van der Waals surface area contributed by atoms with E-state index in [2.05, 4.69) is 0 Å². The van der Waals surface area contributed by atoms with Crippen LogP contribution in [0.25, 0.3) is 11.1 Å². The smallest absolute Gasteiger partial charge is 0.332 e. The van der Waals surface area contributed by atoms with E-state index >= 15 is 0 Å². The Morgan fingerprint density at radius 2 is 1.82 bits per heavy atom. The van der Waals surface area contributed by atoms with E-state index in [1.54, 1.807) is 19.9 Å². The Morgan fingerprint density at radius 1 is 1.06 bits per heavy atom. The Hall–Kier alpha value is -3.22. The summed E-state index contributed by atoms with van der Waals surface area (Å²) in [7, 11) is 0. The maximum absolute atomic E-state index is 13.9. The summed E-state index contributed by atoms with van der Waals surface area (Å²) in [5, 5.41) is 0. The Morgan fingerprint density at radius 3 is 2.52 bits per heavy atom. The normalized spacial score (nSPS) is 14.4. The molecule has 0 unspecified atom stereocenters. The third kappa shape index (κ3) is 5.24. The van der Waals surface area contributed by atoms with Crippen molar-refractivity contribution in [2.24, 2.45) is 0 Å². The molecular formula is C27H27FO5.